The van der Waals surface area contributed by atoms with Crippen LogP contribution < -0.4 is 19.6 Å². The number of esters is 1. The van der Waals surface area contributed by atoms with Crippen LogP contribution >= 0.6 is 46.3 Å². The van der Waals surface area contributed by atoms with Gasteiger partial charge in [-0.1, -0.05) is 70.9 Å². The molecule has 1 aromatic heterocycles. The molecule has 1 atom stereocenters. The lowest BCUT2D eigenvalue weighted by Gasteiger charge is -2.24. The van der Waals surface area contributed by atoms with Crippen molar-refractivity contribution in [1.29, 1.82) is 0 Å². The number of halogens is 2. The van der Waals surface area contributed by atoms with E-state index in [2.05, 4.69) is 4.99 Å². The van der Waals surface area contributed by atoms with Crippen molar-refractivity contribution in [2.24, 2.45) is 4.99 Å². The van der Waals surface area contributed by atoms with Crippen LogP contribution in [0, 0.1) is 0 Å². The number of rotatable bonds is 8. The second-order valence-electron chi connectivity index (χ2n) is 9.14. The Bertz CT molecular complexity index is 1830. The van der Waals surface area contributed by atoms with Crippen molar-refractivity contribution in [3.63, 3.8) is 0 Å². The molecule has 41 heavy (non-hydrogen) atoms. The number of allylic oxidation sites excluding steroid dienone is 1. The van der Waals surface area contributed by atoms with E-state index in [0.29, 0.717) is 36.4 Å². The van der Waals surface area contributed by atoms with E-state index in [1.807, 2.05) is 60.9 Å². The Kier molecular flexibility index (Phi) is 9.04. The largest absolute Gasteiger partial charge is 0.488 e. The maximum Gasteiger partial charge on any atom is 0.338 e. The number of carbonyl (C=O) groups is 1. The fourth-order valence-electron chi connectivity index (χ4n) is 4.56. The normalized spacial score (nSPS) is 15.0. The maximum absolute atomic E-state index is 14.0. The average molecular weight is 626 g/mol. The van der Waals surface area contributed by atoms with Crippen LogP contribution in [0.1, 0.15) is 36.6 Å². The number of hydrogen-bond acceptors (Lipinski definition) is 7. The summed E-state index contributed by atoms with van der Waals surface area (Å²) in [7, 11) is 0. The number of aromatic nitrogens is 1. The Morgan fingerprint density at radius 3 is 2.59 bits per heavy atom. The van der Waals surface area contributed by atoms with E-state index in [4.69, 9.17) is 32.7 Å². The molecule has 0 fully saturated rings. The molecule has 0 aliphatic carbocycles. The summed E-state index contributed by atoms with van der Waals surface area (Å²) in [5.41, 5.74) is 2.95. The summed E-state index contributed by atoms with van der Waals surface area (Å²) in [5.74, 6) is 0.110. The smallest absolute Gasteiger partial charge is 0.338 e. The molecule has 2 heterocycles. The zero-order chi connectivity index (χ0) is 29.1. The highest BCUT2D eigenvalue weighted by atomic mass is 35.5. The number of ether oxygens (including phenoxy) is 2. The first-order valence-electron chi connectivity index (χ1n) is 12.8. The second kappa shape index (κ2) is 12.7. The van der Waals surface area contributed by atoms with Crippen LogP contribution in [0.5, 0.6) is 5.75 Å². The van der Waals surface area contributed by atoms with Gasteiger partial charge in [-0.3, -0.25) is 9.36 Å². The molecule has 210 valence electrons. The zero-order valence-electron chi connectivity index (χ0n) is 22.5. The number of fused-ring (bicyclic) bond motifs is 1. The molecule has 0 saturated heterocycles. The van der Waals surface area contributed by atoms with Crippen molar-refractivity contribution in [2.45, 2.75) is 31.4 Å². The first-order valence-corrected chi connectivity index (χ1v) is 15.6. The first kappa shape index (κ1) is 29.2. The summed E-state index contributed by atoms with van der Waals surface area (Å²) in [6, 6.07) is 19.9. The van der Waals surface area contributed by atoms with Crippen LogP contribution in [0.25, 0.3) is 6.08 Å². The van der Waals surface area contributed by atoms with Crippen molar-refractivity contribution in [3.8, 4) is 5.75 Å². The molecule has 5 rings (SSSR count). The van der Waals surface area contributed by atoms with Gasteiger partial charge in [0.05, 0.1) is 28.5 Å². The highest BCUT2D eigenvalue weighted by Gasteiger charge is 2.33. The number of hydrogen-bond donors (Lipinski definition) is 0. The highest BCUT2D eigenvalue weighted by molar-refractivity contribution is 7.98. The lowest BCUT2D eigenvalue weighted by atomic mass is 9.96. The van der Waals surface area contributed by atoms with E-state index in [1.54, 1.807) is 48.4 Å². The molecule has 0 saturated carbocycles. The molecular weight excluding hydrogens is 599 g/mol. The molecule has 1 aliphatic rings. The van der Waals surface area contributed by atoms with Crippen LogP contribution in [0.4, 0.5) is 0 Å². The van der Waals surface area contributed by atoms with Crippen molar-refractivity contribution >= 4 is 58.3 Å². The molecule has 4 aromatic rings. The highest BCUT2D eigenvalue weighted by Crippen LogP contribution is 2.32. The SMILES string of the molecule is CCOC(=O)C1=C(C)N=c2s/c(=C\c3ccccc3OCc3ccc(Cl)cc3Cl)c(=O)n2[C@H]1c1ccc(SC)cc1. The minimum atomic E-state index is -0.665. The van der Waals surface area contributed by atoms with Crippen molar-refractivity contribution < 1.29 is 14.3 Å². The molecule has 0 amide bonds. The van der Waals surface area contributed by atoms with Crippen LogP contribution in [-0.2, 0) is 16.1 Å². The molecule has 3 aromatic carbocycles. The Hall–Kier alpha value is -3.30. The molecule has 0 radical (unpaired) electrons. The Labute approximate surface area is 255 Å². The monoisotopic (exact) mass is 624 g/mol. The molecule has 1 aliphatic heterocycles. The van der Waals surface area contributed by atoms with Gasteiger partial charge in [0, 0.05) is 26.1 Å². The van der Waals surface area contributed by atoms with E-state index in [-0.39, 0.29) is 18.8 Å². The van der Waals surface area contributed by atoms with Gasteiger partial charge in [-0.25, -0.2) is 9.79 Å². The fraction of sp³-hybridized carbons (Fsp3) is 0.194. The zero-order valence-corrected chi connectivity index (χ0v) is 25.7. The van der Waals surface area contributed by atoms with Crippen molar-refractivity contribution in [3.05, 3.63) is 124 Å². The fourth-order valence-corrected chi connectivity index (χ4v) is 6.47. The summed E-state index contributed by atoms with van der Waals surface area (Å²) in [6.45, 7) is 3.98. The van der Waals surface area contributed by atoms with Gasteiger partial charge < -0.3 is 9.47 Å². The minimum absolute atomic E-state index is 0.218. The van der Waals surface area contributed by atoms with Crippen LogP contribution in [0.3, 0.4) is 0 Å². The van der Waals surface area contributed by atoms with Crippen molar-refractivity contribution in [2.75, 3.05) is 12.9 Å². The lowest BCUT2D eigenvalue weighted by molar-refractivity contribution is -0.139. The summed E-state index contributed by atoms with van der Waals surface area (Å²) in [6.07, 6.45) is 3.79. The lowest BCUT2D eigenvalue weighted by Crippen LogP contribution is -2.39. The number of nitrogens with zero attached hydrogens (tertiary/aromatic N) is 2. The number of carbonyl (C=O) groups excluding carboxylic acids is 1. The summed E-state index contributed by atoms with van der Waals surface area (Å²) >= 11 is 15.2. The van der Waals surface area contributed by atoms with Gasteiger partial charge in [-0.15, -0.1) is 11.8 Å². The number of para-hydroxylation sites is 1. The van der Waals surface area contributed by atoms with E-state index in [1.165, 1.54) is 11.3 Å². The molecule has 0 unspecified atom stereocenters. The summed E-state index contributed by atoms with van der Waals surface area (Å²) in [5, 5.41) is 1.07. The molecular formula is C31H26Cl2N2O4S2. The van der Waals surface area contributed by atoms with Crippen LogP contribution in [0.2, 0.25) is 10.0 Å². The predicted octanol–water partition coefficient (Wildman–Crippen LogP) is 6.41. The third kappa shape index (κ3) is 6.16. The average Bonchev–Trinajstić information content (AvgIpc) is 3.26. The van der Waals surface area contributed by atoms with Crippen LogP contribution in [-0.4, -0.2) is 23.4 Å². The Balaban J connectivity index is 1.58. The molecule has 0 N–H and O–H groups in total. The first-order chi connectivity index (χ1) is 19.8. The quantitative estimate of drug-likeness (QED) is 0.167. The van der Waals surface area contributed by atoms with E-state index < -0.39 is 12.0 Å². The van der Waals surface area contributed by atoms with Gasteiger partial charge in [0.15, 0.2) is 4.80 Å². The van der Waals surface area contributed by atoms with E-state index >= 15 is 0 Å². The van der Waals surface area contributed by atoms with Gasteiger partial charge in [0.1, 0.15) is 12.4 Å². The summed E-state index contributed by atoms with van der Waals surface area (Å²) < 4.78 is 13.5. The number of thiazole rings is 1. The topological polar surface area (TPSA) is 69.9 Å². The third-order valence-electron chi connectivity index (χ3n) is 6.55. The third-order valence-corrected chi connectivity index (χ3v) is 8.87. The Morgan fingerprint density at radius 2 is 1.88 bits per heavy atom. The predicted molar refractivity (Wildman–Crippen MR) is 166 cm³/mol. The van der Waals surface area contributed by atoms with Gasteiger partial charge in [-0.05, 0) is 62.1 Å². The Morgan fingerprint density at radius 1 is 1.12 bits per heavy atom. The minimum Gasteiger partial charge on any atom is -0.488 e. The second-order valence-corrected chi connectivity index (χ2v) is 11.9. The summed E-state index contributed by atoms with van der Waals surface area (Å²) in [4.78, 5) is 33.3. The van der Waals surface area contributed by atoms with Crippen molar-refractivity contribution in [1.82, 2.24) is 4.57 Å². The van der Waals surface area contributed by atoms with Crippen LogP contribution in [0.15, 0.2) is 92.7 Å². The molecule has 10 heteroatoms. The van der Waals surface area contributed by atoms with Gasteiger partial charge in [0.25, 0.3) is 5.56 Å². The molecule has 0 spiro atoms. The number of benzene rings is 3. The molecule has 0 bridgehead atoms. The van der Waals surface area contributed by atoms with E-state index in [0.717, 1.165) is 21.6 Å². The van der Waals surface area contributed by atoms with Gasteiger partial charge in [0.2, 0.25) is 0 Å². The standard InChI is InChI=1S/C31H26Cl2N2O4S2/c1-4-38-30(37)27-18(2)34-31-35(28(27)19-10-13-23(40-3)14-11-19)29(36)26(41-31)15-20-7-5-6-8-25(20)39-17-21-9-12-22(32)16-24(21)33/h5-16,28H,4,17H2,1-3H3/b26-15-/t28-/m0/s1. The maximum atomic E-state index is 14.0. The van der Waals surface area contributed by atoms with Gasteiger partial charge in [-0.2, -0.15) is 0 Å². The van der Waals surface area contributed by atoms with Gasteiger partial charge >= 0.3 is 5.97 Å². The van der Waals surface area contributed by atoms with E-state index in [9.17, 15) is 9.59 Å². The molecule has 6 nitrogen and oxygen atoms in total. The number of thioether (sulfide) groups is 1.